The first kappa shape index (κ1) is 4.40. The molecule has 0 N–H and O–H groups in total. The largest absolute Gasteiger partial charge is 0.288 e. The third-order valence-corrected chi connectivity index (χ3v) is 2.85. The predicted molar refractivity (Wildman–Crippen MR) is 34.7 cm³/mol. The zero-order valence-corrected chi connectivity index (χ0v) is 6.59. The minimum absolute atomic E-state index is 1.07. The summed E-state index contributed by atoms with van der Waals surface area (Å²) in [6.07, 6.45) is 0. The first-order chi connectivity index (χ1) is 2.89. The molecule has 1 aliphatic rings. The Morgan fingerprint density at radius 1 is 1.83 bits per heavy atom. The van der Waals surface area contributed by atoms with E-state index in [-0.39, 0.29) is 0 Å². The van der Waals surface area contributed by atoms with Gasteiger partial charge >= 0.3 is 0 Å². The summed E-state index contributed by atoms with van der Waals surface area (Å²) in [5.74, 6) is 1.23. The second-order valence-corrected chi connectivity index (χ2v) is 4.21. The van der Waals surface area contributed by atoms with Gasteiger partial charge in [-0.25, -0.2) is 0 Å². The predicted octanol–water partition coefficient (Wildman–Crippen LogP) is -0.545. The van der Waals surface area contributed by atoms with Crippen molar-refractivity contribution in [3.63, 3.8) is 0 Å². The van der Waals surface area contributed by atoms with Crippen LogP contribution in [0.2, 0.25) is 0 Å². The highest BCUT2D eigenvalue weighted by Crippen LogP contribution is 2.06. The van der Waals surface area contributed by atoms with Gasteiger partial charge in [-0.05, 0) is 0 Å². The minimum atomic E-state index is 1.07. The smallest absolute Gasteiger partial charge is 0.0701 e. The standard InChI is InChI=1S/C3H7NSSi/c6-3-4-1-2-5-3/h1-2H2,6H3. The summed E-state index contributed by atoms with van der Waals surface area (Å²) >= 11 is 1.91. The third-order valence-electron chi connectivity index (χ3n) is 0.737. The second kappa shape index (κ2) is 1.79. The Balaban J connectivity index is 2.45. The molecule has 0 saturated heterocycles. The molecule has 0 bridgehead atoms. The number of hydrogen-bond acceptors (Lipinski definition) is 2. The molecule has 0 fully saturated rings. The fourth-order valence-electron chi connectivity index (χ4n) is 0.442. The highest BCUT2D eigenvalue weighted by Gasteiger charge is 1.96. The van der Waals surface area contributed by atoms with Gasteiger partial charge in [-0.3, -0.25) is 4.99 Å². The lowest BCUT2D eigenvalue weighted by molar-refractivity contribution is 1.18. The Morgan fingerprint density at radius 2 is 2.67 bits per heavy atom. The van der Waals surface area contributed by atoms with Gasteiger partial charge in [0, 0.05) is 17.0 Å². The van der Waals surface area contributed by atoms with E-state index in [0.29, 0.717) is 0 Å². The van der Waals surface area contributed by atoms with Crippen LogP contribution in [0.4, 0.5) is 0 Å². The van der Waals surface area contributed by atoms with Crippen molar-refractivity contribution in [3.8, 4) is 0 Å². The third kappa shape index (κ3) is 0.848. The highest BCUT2D eigenvalue weighted by atomic mass is 32.2. The van der Waals surface area contributed by atoms with Crippen LogP contribution in [0.3, 0.4) is 0 Å². The van der Waals surface area contributed by atoms with E-state index in [1.807, 2.05) is 11.8 Å². The van der Waals surface area contributed by atoms with Crippen molar-refractivity contribution in [2.75, 3.05) is 12.3 Å². The van der Waals surface area contributed by atoms with E-state index in [4.69, 9.17) is 0 Å². The molecule has 0 unspecified atom stereocenters. The van der Waals surface area contributed by atoms with Crippen LogP contribution in [0.15, 0.2) is 4.99 Å². The van der Waals surface area contributed by atoms with E-state index >= 15 is 0 Å². The molecule has 34 valence electrons. The van der Waals surface area contributed by atoms with Crippen LogP contribution >= 0.6 is 11.8 Å². The fourth-order valence-corrected chi connectivity index (χ4v) is 1.94. The van der Waals surface area contributed by atoms with Crippen LogP contribution in [0.1, 0.15) is 0 Å². The van der Waals surface area contributed by atoms with Crippen molar-refractivity contribution < 1.29 is 0 Å². The molecule has 0 aromatic heterocycles. The van der Waals surface area contributed by atoms with E-state index in [9.17, 15) is 0 Å². The normalized spacial score (nSPS) is 21.7. The topological polar surface area (TPSA) is 12.4 Å². The monoisotopic (exact) mass is 117 g/mol. The van der Waals surface area contributed by atoms with Gasteiger partial charge in [-0.2, -0.15) is 0 Å². The summed E-state index contributed by atoms with van der Waals surface area (Å²) in [5, 5.41) is 0. The molecular formula is C3H7NSSi. The minimum Gasteiger partial charge on any atom is -0.288 e. The Labute approximate surface area is 44.7 Å². The van der Waals surface area contributed by atoms with E-state index in [1.165, 1.54) is 20.7 Å². The number of hydrogen-bond donors (Lipinski definition) is 0. The zero-order valence-electron chi connectivity index (χ0n) is 3.77. The van der Waals surface area contributed by atoms with Gasteiger partial charge in [-0.1, -0.05) is 0 Å². The molecule has 6 heavy (non-hydrogen) atoms. The maximum Gasteiger partial charge on any atom is 0.0701 e. The van der Waals surface area contributed by atoms with Crippen molar-refractivity contribution in [2.24, 2.45) is 4.99 Å². The Hall–Kier alpha value is 0.237. The number of rotatable bonds is 0. The lowest BCUT2D eigenvalue weighted by Crippen LogP contribution is -1.79. The zero-order chi connectivity index (χ0) is 4.41. The second-order valence-electron chi connectivity index (χ2n) is 1.25. The first-order valence-electron chi connectivity index (χ1n) is 2.03. The molecule has 0 aliphatic carbocycles. The van der Waals surface area contributed by atoms with Crippen molar-refractivity contribution in [1.82, 2.24) is 0 Å². The number of thioether (sulfide) groups is 1. The average molecular weight is 117 g/mol. The van der Waals surface area contributed by atoms with Gasteiger partial charge in [-0.15, -0.1) is 11.8 Å². The lowest BCUT2D eigenvalue weighted by Gasteiger charge is -1.77. The van der Waals surface area contributed by atoms with Gasteiger partial charge in [0.1, 0.15) is 0 Å². The summed E-state index contributed by atoms with van der Waals surface area (Å²) in [4.78, 5) is 4.18. The quantitative estimate of drug-likeness (QED) is 0.388. The van der Waals surface area contributed by atoms with Crippen LogP contribution in [-0.4, -0.2) is 27.2 Å². The molecule has 1 nitrogen and oxygen atoms in total. The molecule has 3 heteroatoms. The van der Waals surface area contributed by atoms with Crippen molar-refractivity contribution >= 4 is 26.7 Å². The number of nitrogens with zero attached hydrogens (tertiary/aromatic N) is 1. The van der Waals surface area contributed by atoms with Crippen LogP contribution < -0.4 is 0 Å². The van der Waals surface area contributed by atoms with Gasteiger partial charge in [0.25, 0.3) is 0 Å². The molecule has 0 aromatic carbocycles. The van der Waals surface area contributed by atoms with Gasteiger partial charge < -0.3 is 0 Å². The van der Waals surface area contributed by atoms with Crippen molar-refractivity contribution in [2.45, 2.75) is 0 Å². The number of aliphatic imine (C=N–C) groups is 1. The van der Waals surface area contributed by atoms with Crippen molar-refractivity contribution in [3.05, 3.63) is 0 Å². The highest BCUT2D eigenvalue weighted by molar-refractivity contribution is 8.16. The molecule has 0 radical (unpaired) electrons. The van der Waals surface area contributed by atoms with Gasteiger partial charge in [0.2, 0.25) is 0 Å². The Kier molecular flexibility index (Phi) is 1.32. The van der Waals surface area contributed by atoms with E-state index in [0.717, 1.165) is 6.54 Å². The molecule has 0 atom stereocenters. The molecule has 0 spiro atoms. The van der Waals surface area contributed by atoms with Crippen molar-refractivity contribution in [1.29, 1.82) is 0 Å². The van der Waals surface area contributed by atoms with Crippen LogP contribution in [-0.2, 0) is 0 Å². The average Bonchev–Trinajstić information content (AvgIpc) is 1.86. The fraction of sp³-hybridized carbons (Fsp3) is 0.667. The molecule has 0 amide bonds. The summed E-state index contributed by atoms with van der Waals surface area (Å²) in [6.45, 7) is 1.07. The molecule has 1 heterocycles. The van der Waals surface area contributed by atoms with E-state index in [2.05, 4.69) is 4.99 Å². The Bertz CT molecular complexity index is 80.9. The van der Waals surface area contributed by atoms with Crippen LogP contribution in [0.25, 0.3) is 0 Å². The maximum absolute atomic E-state index is 4.18. The Morgan fingerprint density at radius 3 is 2.83 bits per heavy atom. The summed E-state index contributed by atoms with van der Waals surface area (Å²) < 4.78 is 1.38. The van der Waals surface area contributed by atoms with Crippen LogP contribution in [0.5, 0.6) is 0 Å². The maximum atomic E-state index is 4.18. The SMILES string of the molecule is [SiH3]C1=NCCS1. The molecule has 1 aliphatic heterocycles. The van der Waals surface area contributed by atoms with Gasteiger partial charge in [0.15, 0.2) is 0 Å². The van der Waals surface area contributed by atoms with E-state index in [1.54, 1.807) is 0 Å². The van der Waals surface area contributed by atoms with E-state index < -0.39 is 0 Å². The summed E-state index contributed by atoms with van der Waals surface area (Å²) in [6, 6.07) is 0. The molecule has 1 rings (SSSR count). The van der Waals surface area contributed by atoms with Crippen LogP contribution in [0, 0.1) is 0 Å². The molecule has 0 saturated carbocycles. The summed E-state index contributed by atoms with van der Waals surface area (Å²) in [5.41, 5.74) is 0. The molecule has 0 aromatic rings. The summed E-state index contributed by atoms with van der Waals surface area (Å²) in [7, 11) is 1.17. The first-order valence-corrected chi connectivity index (χ1v) is 4.02. The van der Waals surface area contributed by atoms with Gasteiger partial charge in [0.05, 0.1) is 10.2 Å². The molecular weight excluding hydrogens is 110 g/mol. The lowest BCUT2D eigenvalue weighted by atomic mass is 10.8.